The number of hydrogen-bond donors (Lipinski definition) is 2. The molecular formula is C12H20N2O3S2. The second-order valence-corrected chi connectivity index (χ2v) is 7.76. The Hall–Kier alpha value is -0.760. The second kappa shape index (κ2) is 7.14. The van der Waals surface area contributed by atoms with Crippen molar-refractivity contribution in [3.8, 4) is 0 Å². The summed E-state index contributed by atoms with van der Waals surface area (Å²) in [4.78, 5) is 0.212. The number of rotatable bonds is 7. The highest BCUT2D eigenvalue weighted by molar-refractivity contribution is 7.89. The van der Waals surface area contributed by atoms with E-state index in [9.17, 15) is 12.6 Å². The summed E-state index contributed by atoms with van der Waals surface area (Å²) in [5.41, 5.74) is 7.31. The van der Waals surface area contributed by atoms with E-state index < -0.39 is 20.8 Å². The maximum Gasteiger partial charge on any atom is 0.240 e. The standard InChI is InChI=1S/C12H20N2O3S2/c1-3-18(15)7-6-14-19(16,17)12-5-4-11(9-13)10(2)8-12/h4-5,8,14H,3,6-7,9,13H2,1-2H3. The molecule has 1 atom stereocenters. The van der Waals surface area contributed by atoms with Crippen LogP contribution in [0.4, 0.5) is 0 Å². The lowest BCUT2D eigenvalue weighted by Gasteiger charge is -2.09. The fourth-order valence-electron chi connectivity index (χ4n) is 1.58. The third-order valence-corrected chi connectivity index (χ3v) is 5.55. The molecular weight excluding hydrogens is 284 g/mol. The third kappa shape index (κ3) is 4.68. The first-order valence-electron chi connectivity index (χ1n) is 6.05. The first kappa shape index (κ1) is 16.3. The molecule has 1 aromatic carbocycles. The third-order valence-electron chi connectivity index (χ3n) is 2.79. The Kier molecular flexibility index (Phi) is 6.12. The summed E-state index contributed by atoms with van der Waals surface area (Å²) in [7, 11) is -4.51. The van der Waals surface area contributed by atoms with E-state index in [1.54, 1.807) is 19.1 Å². The number of sulfonamides is 1. The quantitative estimate of drug-likeness (QED) is 0.767. The summed E-state index contributed by atoms with van der Waals surface area (Å²) in [6.45, 7) is 4.20. The fourth-order valence-corrected chi connectivity index (χ4v) is 3.45. The Morgan fingerprint density at radius 2 is 2.05 bits per heavy atom. The van der Waals surface area contributed by atoms with Crippen LogP contribution >= 0.6 is 0 Å². The molecule has 0 radical (unpaired) electrons. The van der Waals surface area contributed by atoms with Crippen molar-refractivity contribution in [2.45, 2.75) is 25.3 Å². The van der Waals surface area contributed by atoms with Crippen molar-refractivity contribution in [3.05, 3.63) is 29.3 Å². The monoisotopic (exact) mass is 304 g/mol. The van der Waals surface area contributed by atoms with Gasteiger partial charge in [-0.2, -0.15) is 0 Å². The molecule has 5 nitrogen and oxygen atoms in total. The van der Waals surface area contributed by atoms with E-state index in [-0.39, 0.29) is 11.4 Å². The molecule has 0 aliphatic rings. The Balaban J connectivity index is 2.77. The lowest BCUT2D eigenvalue weighted by molar-refractivity contribution is 0.584. The van der Waals surface area contributed by atoms with Gasteiger partial charge in [0, 0.05) is 35.4 Å². The van der Waals surface area contributed by atoms with Crippen molar-refractivity contribution in [2.24, 2.45) is 5.73 Å². The van der Waals surface area contributed by atoms with Gasteiger partial charge >= 0.3 is 0 Å². The minimum atomic E-state index is -3.54. The van der Waals surface area contributed by atoms with E-state index in [0.717, 1.165) is 11.1 Å². The van der Waals surface area contributed by atoms with Crippen LogP contribution in [0.15, 0.2) is 23.1 Å². The van der Waals surface area contributed by atoms with Crippen LogP contribution in [0.5, 0.6) is 0 Å². The summed E-state index contributed by atoms with van der Waals surface area (Å²) in [6.07, 6.45) is 0. The molecule has 3 N–H and O–H groups in total. The lowest BCUT2D eigenvalue weighted by atomic mass is 10.1. The van der Waals surface area contributed by atoms with Crippen molar-refractivity contribution in [3.63, 3.8) is 0 Å². The summed E-state index contributed by atoms with van der Waals surface area (Å²) < 4.78 is 37.7. The highest BCUT2D eigenvalue weighted by Gasteiger charge is 2.14. The zero-order valence-corrected chi connectivity index (χ0v) is 12.8. The zero-order chi connectivity index (χ0) is 14.5. The van der Waals surface area contributed by atoms with Crippen molar-refractivity contribution in [1.82, 2.24) is 4.72 Å². The van der Waals surface area contributed by atoms with Gasteiger partial charge in [0.2, 0.25) is 10.0 Å². The number of benzene rings is 1. The number of nitrogens with one attached hydrogen (secondary N) is 1. The average molecular weight is 304 g/mol. The van der Waals surface area contributed by atoms with Crippen LogP contribution in [0.3, 0.4) is 0 Å². The summed E-state index contributed by atoms with van der Waals surface area (Å²) >= 11 is 0. The molecule has 0 aliphatic heterocycles. The van der Waals surface area contributed by atoms with Crippen molar-refractivity contribution < 1.29 is 12.6 Å². The predicted molar refractivity (Wildman–Crippen MR) is 77.8 cm³/mol. The lowest BCUT2D eigenvalue weighted by Crippen LogP contribution is -2.28. The van der Waals surface area contributed by atoms with Gasteiger partial charge in [0.25, 0.3) is 0 Å². The molecule has 0 saturated heterocycles. The van der Waals surface area contributed by atoms with E-state index in [2.05, 4.69) is 4.72 Å². The molecule has 0 spiro atoms. The maximum absolute atomic E-state index is 12.0. The van der Waals surface area contributed by atoms with Gasteiger partial charge in [0.1, 0.15) is 0 Å². The molecule has 108 valence electrons. The summed E-state index contributed by atoms with van der Waals surface area (Å²) in [5.74, 6) is 0.863. The Morgan fingerprint density at radius 1 is 1.37 bits per heavy atom. The second-order valence-electron chi connectivity index (χ2n) is 4.12. The van der Waals surface area contributed by atoms with Crippen LogP contribution in [0, 0.1) is 6.92 Å². The van der Waals surface area contributed by atoms with Crippen LogP contribution in [0.2, 0.25) is 0 Å². The molecule has 1 aromatic rings. The van der Waals surface area contributed by atoms with Crippen molar-refractivity contribution in [2.75, 3.05) is 18.1 Å². The minimum Gasteiger partial charge on any atom is -0.326 e. The van der Waals surface area contributed by atoms with Gasteiger partial charge in [-0.1, -0.05) is 13.0 Å². The first-order chi connectivity index (χ1) is 8.90. The first-order valence-corrected chi connectivity index (χ1v) is 9.02. The molecule has 0 amide bonds. The van der Waals surface area contributed by atoms with Gasteiger partial charge in [-0.05, 0) is 30.2 Å². The van der Waals surface area contributed by atoms with E-state index in [4.69, 9.17) is 5.73 Å². The smallest absolute Gasteiger partial charge is 0.240 e. The van der Waals surface area contributed by atoms with Crippen molar-refractivity contribution >= 4 is 20.8 Å². The van der Waals surface area contributed by atoms with E-state index in [0.29, 0.717) is 18.1 Å². The molecule has 0 aromatic heterocycles. The van der Waals surface area contributed by atoms with Gasteiger partial charge in [0.05, 0.1) is 4.90 Å². The largest absolute Gasteiger partial charge is 0.326 e. The van der Waals surface area contributed by atoms with Crippen LogP contribution < -0.4 is 10.5 Å². The SMILES string of the molecule is CCS(=O)CCNS(=O)(=O)c1ccc(CN)c(C)c1. The molecule has 0 heterocycles. The topological polar surface area (TPSA) is 89.3 Å². The van der Waals surface area contributed by atoms with E-state index in [1.807, 2.05) is 6.92 Å². The molecule has 1 rings (SSSR count). The molecule has 0 fully saturated rings. The molecule has 0 bridgehead atoms. The predicted octanol–water partition coefficient (Wildman–Crippen LogP) is 0.501. The number of aryl methyl sites for hydroxylation is 1. The Labute approximate surface area is 117 Å². The van der Waals surface area contributed by atoms with Gasteiger partial charge in [0.15, 0.2) is 0 Å². The molecule has 0 saturated carbocycles. The van der Waals surface area contributed by atoms with E-state index in [1.165, 1.54) is 6.07 Å². The van der Waals surface area contributed by atoms with Gasteiger partial charge < -0.3 is 5.73 Å². The zero-order valence-electron chi connectivity index (χ0n) is 11.2. The van der Waals surface area contributed by atoms with E-state index >= 15 is 0 Å². The minimum absolute atomic E-state index is 0.181. The molecule has 19 heavy (non-hydrogen) atoms. The number of hydrogen-bond acceptors (Lipinski definition) is 4. The number of nitrogens with two attached hydrogens (primary N) is 1. The van der Waals surface area contributed by atoms with Crippen LogP contribution in [-0.2, 0) is 27.4 Å². The summed E-state index contributed by atoms with van der Waals surface area (Å²) in [5, 5.41) is 0. The fraction of sp³-hybridized carbons (Fsp3) is 0.500. The summed E-state index contributed by atoms with van der Waals surface area (Å²) in [6, 6.07) is 4.85. The van der Waals surface area contributed by atoms with Crippen molar-refractivity contribution in [1.29, 1.82) is 0 Å². The Morgan fingerprint density at radius 3 is 2.58 bits per heavy atom. The van der Waals surface area contributed by atoms with Crippen LogP contribution in [-0.4, -0.2) is 30.7 Å². The highest BCUT2D eigenvalue weighted by Crippen LogP contribution is 2.14. The molecule has 0 aliphatic carbocycles. The van der Waals surface area contributed by atoms with Crippen LogP contribution in [0.25, 0.3) is 0 Å². The maximum atomic E-state index is 12.0. The average Bonchev–Trinajstić information content (AvgIpc) is 2.38. The Bertz CT molecular complexity index is 556. The molecule has 7 heteroatoms. The van der Waals surface area contributed by atoms with Gasteiger partial charge in [-0.15, -0.1) is 0 Å². The highest BCUT2D eigenvalue weighted by atomic mass is 32.2. The molecule has 1 unspecified atom stereocenters. The van der Waals surface area contributed by atoms with Gasteiger partial charge in [-0.25, -0.2) is 13.1 Å². The van der Waals surface area contributed by atoms with Gasteiger partial charge in [-0.3, -0.25) is 4.21 Å². The van der Waals surface area contributed by atoms with Crippen LogP contribution in [0.1, 0.15) is 18.1 Å². The normalized spacial score (nSPS) is 13.4.